The Morgan fingerprint density at radius 2 is 1.82 bits per heavy atom. The van der Waals surface area contributed by atoms with Crippen LogP contribution in [0.3, 0.4) is 0 Å². The molecule has 1 amide bonds. The third-order valence-electron chi connectivity index (χ3n) is 3.92. The first-order valence-corrected chi connectivity index (χ1v) is 9.57. The summed E-state index contributed by atoms with van der Waals surface area (Å²) in [5.74, 6) is -1.46. The molecule has 148 valence electrons. The zero-order valence-corrected chi connectivity index (χ0v) is 16.8. The van der Waals surface area contributed by atoms with E-state index in [0.29, 0.717) is 10.6 Å². The molecule has 1 N–H and O–H groups in total. The van der Waals surface area contributed by atoms with Crippen molar-refractivity contribution in [3.8, 4) is 0 Å². The van der Waals surface area contributed by atoms with Gasteiger partial charge in [0.15, 0.2) is 6.10 Å². The molecule has 2 rings (SSSR count). The van der Waals surface area contributed by atoms with E-state index < -0.39 is 22.9 Å². The van der Waals surface area contributed by atoms with Gasteiger partial charge in [0.05, 0.1) is 4.92 Å². The lowest BCUT2D eigenvalue weighted by Crippen LogP contribution is -2.30. The van der Waals surface area contributed by atoms with Crippen molar-refractivity contribution >= 4 is 40.7 Å². The number of hydrogen-bond acceptors (Lipinski definition) is 7. The smallest absolute Gasteiger partial charge is 0.345 e. The van der Waals surface area contributed by atoms with Gasteiger partial charge >= 0.3 is 5.97 Å². The molecule has 2 aromatic carbocycles. The molecule has 1 atom stereocenters. The number of ether oxygens (including phenoxy) is 1. The Hall–Kier alpha value is -3.07. The maximum absolute atomic E-state index is 12.4. The number of anilines is 2. The molecule has 0 aliphatic rings. The Morgan fingerprint density at radius 3 is 2.36 bits per heavy atom. The van der Waals surface area contributed by atoms with Gasteiger partial charge in [-0.15, -0.1) is 11.8 Å². The molecule has 0 spiro atoms. The fourth-order valence-electron chi connectivity index (χ4n) is 2.33. The number of nitro benzene ring substituents is 1. The second-order valence-corrected chi connectivity index (χ2v) is 7.00. The van der Waals surface area contributed by atoms with Crippen LogP contribution in [-0.4, -0.2) is 43.3 Å². The Balaban J connectivity index is 2.09. The summed E-state index contributed by atoms with van der Waals surface area (Å²) < 4.78 is 5.15. The second-order valence-electron chi connectivity index (χ2n) is 6.12. The van der Waals surface area contributed by atoms with Crippen LogP contribution in [0, 0.1) is 10.1 Å². The van der Waals surface area contributed by atoms with Crippen LogP contribution < -0.4 is 10.2 Å². The minimum atomic E-state index is -1.13. The normalized spacial score (nSPS) is 11.4. The number of esters is 1. The molecule has 9 heteroatoms. The van der Waals surface area contributed by atoms with E-state index in [9.17, 15) is 19.7 Å². The van der Waals surface area contributed by atoms with Gasteiger partial charge in [-0.2, -0.15) is 0 Å². The molecule has 28 heavy (non-hydrogen) atoms. The molecule has 0 aliphatic heterocycles. The van der Waals surface area contributed by atoms with E-state index in [2.05, 4.69) is 5.32 Å². The highest BCUT2D eigenvalue weighted by atomic mass is 32.2. The van der Waals surface area contributed by atoms with Crippen LogP contribution in [0.4, 0.5) is 17.1 Å². The molecule has 0 aromatic heterocycles. The van der Waals surface area contributed by atoms with Crippen molar-refractivity contribution in [1.29, 1.82) is 0 Å². The molecular formula is C19H21N3O5S. The number of nitro groups is 1. The third-order valence-corrected chi connectivity index (χ3v) is 4.65. The molecule has 1 unspecified atom stereocenters. The van der Waals surface area contributed by atoms with Crippen LogP contribution in [0.1, 0.15) is 17.3 Å². The van der Waals surface area contributed by atoms with Crippen LogP contribution in [0.15, 0.2) is 47.4 Å². The van der Waals surface area contributed by atoms with Gasteiger partial charge in [-0.3, -0.25) is 14.9 Å². The van der Waals surface area contributed by atoms with Crippen molar-refractivity contribution in [1.82, 2.24) is 0 Å². The Labute approximate surface area is 167 Å². The number of amides is 1. The quantitative estimate of drug-likeness (QED) is 0.326. The Morgan fingerprint density at radius 1 is 1.18 bits per heavy atom. The van der Waals surface area contributed by atoms with E-state index in [4.69, 9.17) is 4.74 Å². The summed E-state index contributed by atoms with van der Waals surface area (Å²) in [5, 5.41) is 13.8. The number of nitrogens with one attached hydrogen (secondary N) is 1. The minimum Gasteiger partial charge on any atom is -0.449 e. The lowest BCUT2D eigenvalue weighted by molar-refractivity contribution is -0.385. The minimum absolute atomic E-state index is 0.188. The van der Waals surface area contributed by atoms with Gasteiger partial charge in [-0.25, -0.2) is 4.79 Å². The zero-order chi connectivity index (χ0) is 20.8. The molecule has 0 bridgehead atoms. The van der Waals surface area contributed by atoms with Crippen molar-refractivity contribution in [2.45, 2.75) is 17.9 Å². The molecular weight excluding hydrogens is 382 g/mol. The van der Waals surface area contributed by atoms with E-state index >= 15 is 0 Å². The summed E-state index contributed by atoms with van der Waals surface area (Å²) >= 11 is 1.34. The standard InChI is InChI=1S/C19H21N3O5S/c1-12(18(23)20-13-5-7-14(8-6-13)21(2)3)27-19(24)16-11-15(28-4)9-10-17(16)22(25)26/h5-12H,1-4H3,(H,20,23). The number of nitrogens with zero attached hydrogens (tertiary/aromatic N) is 2. The third kappa shape index (κ3) is 5.23. The van der Waals surface area contributed by atoms with Crippen molar-refractivity contribution in [2.75, 3.05) is 30.6 Å². The molecule has 0 saturated carbocycles. The average Bonchev–Trinajstić information content (AvgIpc) is 2.67. The van der Waals surface area contributed by atoms with Crippen molar-refractivity contribution in [2.24, 2.45) is 0 Å². The van der Waals surface area contributed by atoms with Crippen LogP contribution in [0.5, 0.6) is 0 Å². The van der Waals surface area contributed by atoms with Gasteiger partial charge in [0, 0.05) is 36.4 Å². The fourth-order valence-corrected chi connectivity index (χ4v) is 2.77. The lowest BCUT2D eigenvalue weighted by atomic mass is 10.2. The topological polar surface area (TPSA) is 102 Å². The van der Waals surface area contributed by atoms with E-state index in [-0.39, 0.29) is 11.3 Å². The van der Waals surface area contributed by atoms with Crippen LogP contribution in [0.2, 0.25) is 0 Å². The molecule has 0 aliphatic carbocycles. The number of benzene rings is 2. The highest BCUT2D eigenvalue weighted by Crippen LogP contribution is 2.26. The Bertz CT molecular complexity index is 884. The van der Waals surface area contributed by atoms with Crippen LogP contribution in [0.25, 0.3) is 0 Å². The summed E-state index contributed by atoms with van der Waals surface area (Å²) in [6, 6.07) is 11.3. The summed E-state index contributed by atoms with van der Waals surface area (Å²) in [6.45, 7) is 1.41. The molecule has 8 nitrogen and oxygen atoms in total. The van der Waals surface area contributed by atoms with E-state index in [0.717, 1.165) is 5.69 Å². The van der Waals surface area contributed by atoms with Gasteiger partial charge in [0.25, 0.3) is 11.6 Å². The monoisotopic (exact) mass is 403 g/mol. The largest absolute Gasteiger partial charge is 0.449 e. The van der Waals surface area contributed by atoms with Gasteiger partial charge in [0.2, 0.25) is 0 Å². The predicted octanol–water partition coefficient (Wildman–Crippen LogP) is 3.57. The van der Waals surface area contributed by atoms with Gasteiger partial charge in [0.1, 0.15) is 5.56 Å². The molecule has 0 radical (unpaired) electrons. The molecule has 0 heterocycles. The second kappa shape index (κ2) is 9.23. The highest BCUT2D eigenvalue weighted by molar-refractivity contribution is 7.98. The molecule has 0 saturated heterocycles. The number of rotatable bonds is 7. The number of carbonyl (C=O) groups excluding carboxylic acids is 2. The van der Waals surface area contributed by atoms with E-state index in [1.807, 2.05) is 31.1 Å². The molecule has 2 aromatic rings. The zero-order valence-electron chi connectivity index (χ0n) is 16.0. The van der Waals surface area contributed by atoms with Crippen LogP contribution in [-0.2, 0) is 9.53 Å². The Kier molecular flexibility index (Phi) is 7.00. The van der Waals surface area contributed by atoms with Crippen molar-refractivity contribution in [3.05, 3.63) is 58.1 Å². The maximum atomic E-state index is 12.4. The van der Waals surface area contributed by atoms with Gasteiger partial charge in [-0.05, 0) is 49.6 Å². The number of carbonyl (C=O) groups is 2. The lowest BCUT2D eigenvalue weighted by Gasteiger charge is -2.15. The highest BCUT2D eigenvalue weighted by Gasteiger charge is 2.26. The first-order valence-electron chi connectivity index (χ1n) is 8.34. The maximum Gasteiger partial charge on any atom is 0.345 e. The fraction of sp³-hybridized carbons (Fsp3) is 0.263. The van der Waals surface area contributed by atoms with Crippen LogP contribution >= 0.6 is 11.8 Å². The van der Waals surface area contributed by atoms with E-state index in [1.54, 1.807) is 24.5 Å². The first-order chi connectivity index (χ1) is 13.2. The predicted molar refractivity (Wildman–Crippen MR) is 109 cm³/mol. The number of hydrogen-bond donors (Lipinski definition) is 1. The first kappa shape index (κ1) is 21.2. The summed E-state index contributed by atoms with van der Waals surface area (Å²) in [5.41, 5.74) is 0.967. The van der Waals surface area contributed by atoms with E-state index in [1.165, 1.54) is 30.8 Å². The summed E-state index contributed by atoms with van der Waals surface area (Å²) in [4.78, 5) is 37.8. The average molecular weight is 403 g/mol. The van der Waals surface area contributed by atoms with Gasteiger partial charge in [-0.1, -0.05) is 0 Å². The summed E-state index contributed by atoms with van der Waals surface area (Å²) in [7, 11) is 3.81. The molecule has 0 fully saturated rings. The van der Waals surface area contributed by atoms with Crippen molar-refractivity contribution < 1.29 is 19.2 Å². The number of thioether (sulfide) groups is 1. The SMILES string of the molecule is CSc1ccc([N+](=O)[O-])c(C(=O)OC(C)C(=O)Nc2ccc(N(C)C)cc2)c1. The van der Waals surface area contributed by atoms with Gasteiger partial charge < -0.3 is 15.0 Å². The van der Waals surface area contributed by atoms with Crippen molar-refractivity contribution in [3.63, 3.8) is 0 Å². The summed E-state index contributed by atoms with van der Waals surface area (Å²) in [6.07, 6.45) is 0.659.